The van der Waals surface area contributed by atoms with Crippen LogP contribution in [-0.4, -0.2) is 6.03 Å². The minimum atomic E-state index is -0.833. The van der Waals surface area contributed by atoms with Crippen molar-refractivity contribution in [2.24, 2.45) is 11.5 Å². The number of hydrogen-bond acceptors (Lipinski definition) is 1. The molecule has 0 aliphatic carbocycles. The van der Waals surface area contributed by atoms with Crippen LogP contribution in [0, 0.1) is 0 Å². The van der Waals surface area contributed by atoms with Crippen molar-refractivity contribution in [2.45, 2.75) is 0 Å². The van der Waals surface area contributed by atoms with Crippen molar-refractivity contribution in [3.63, 3.8) is 0 Å². The monoisotopic (exact) mass is 226 g/mol. The van der Waals surface area contributed by atoms with Gasteiger partial charge in [-0.05, 0) is 0 Å². The predicted octanol–water partition coefficient (Wildman–Crippen LogP) is -6.97. The molecule has 0 aliphatic rings. The summed E-state index contributed by atoms with van der Waals surface area (Å²) in [4.78, 5) is 9.00. The fourth-order valence-corrected chi connectivity index (χ4v) is 0. The molecule has 0 heterocycles. The molecule has 0 fully saturated rings. The van der Waals surface area contributed by atoms with Crippen LogP contribution in [-0.2, 0) is 0 Å². The normalized spacial score (nSPS) is 4.00. The minimum Gasteiger partial charge on any atom is -1.00 e. The number of hydrogen-bond donors (Lipinski definition) is 2. The number of carbonyl (C=O) groups is 1. The first kappa shape index (κ1) is 15.6. The molecule has 0 atom stereocenters. The van der Waals surface area contributed by atoms with Crippen molar-refractivity contribution < 1.29 is 80.2 Å². The van der Waals surface area contributed by atoms with Crippen molar-refractivity contribution in [3.05, 3.63) is 0 Å². The molecule has 0 aromatic carbocycles. The van der Waals surface area contributed by atoms with E-state index in [9.17, 15) is 0 Å². The van der Waals surface area contributed by atoms with Crippen LogP contribution in [0.4, 0.5) is 4.79 Å². The van der Waals surface area contributed by atoms with E-state index in [4.69, 9.17) is 4.79 Å². The molecule has 0 aliphatic heterocycles. The number of amides is 2. The molecule has 2 amide bonds. The van der Waals surface area contributed by atoms with E-state index in [-0.39, 0.29) is 75.4 Å². The van der Waals surface area contributed by atoms with Gasteiger partial charge in [0.25, 0.3) is 0 Å². The first-order valence-corrected chi connectivity index (χ1v) is 0.781. The molecule has 0 saturated heterocycles. The van der Waals surface area contributed by atoms with Crippen molar-refractivity contribution in [2.75, 3.05) is 0 Å². The van der Waals surface area contributed by atoms with Gasteiger partial charge in [0, 0.05) is 0 Å². The van der Waals surface area contributed by atoms with Crippen LogP contribution in [0.2, 0.25) is 0 Å². The largest absolute Gasteiger partial charge is 1.00 e. The summed E-state index contributed by atoms with van der Waals surface area (Å²) in [6, 6.07) is -0.833. The predicted molar refractivity (Wildman–Crippen MR) is 13.8 cm³/mol. The summed E-state index contributed by atoms with van der Waals surface area (Å²) in [5.41, 5.74) is 8.50. The zero-order valence-corrected chi connectivity index (χ0v) is 8.72. The molecule has 0 spiro atoms. The molecular weight excluding hydrogens is 222 g/mol. The molecule has 0 aromatic rings. The van der Waals surface area contributed by atoms with E-state index < -0.39 is 6.03 Å². The average molecular weight is 226 g/mol. The van der Waals surface area contributed by atoms with Gasteiger partial charge in [-0.1, -0.05) is 0 Å². The molecular formula is CH4IKN2O. The van der Waals surface area contributed by atoms with E-state index in [0.717, 1.165) is 0 Å². The van der Waals surface area contributed by atoms with Crippen LogP contribution in [0.1, 0.15) is 0 Å². The summed E-state index contributed by atoms with van der Waals surface area (Å²) in [6.07, 6.45) is 0. The Bertz CT molecular complexity index is 36.5. The molecule has 4 N–H and O–H groups in total. The molecule has 3 nitrogen and oxygen atoms in total. The number of nitrogens with two attached hydrogens (primary N) is 2. The van der Waals surface area contributed by atoms with Crippen LogP contribution < -0.4 is 86.8 Å². The van der Waals surface area contributed by atoms with Gasteiger partial charge in [0.05, 0.1) is 0 Å². The van der Waals surface area contributed by atoms with Gasteiger partial charge in [0.1, 0.15) is 0 Å². The van der Waals surface area contributed by atoms with E-state index in [1.165, 1.54) is 0 Å². The third-order valence-electron chi connectivity index (χ3n) is 0. The molecule has 6 heavy (non-hydrogen) atoms. The quantitative estimate of drug-likeness (QED) is 0.313. The maximum atomic E-state index is 9.00. The van der Waals surface area contributed by atoms with Gasteiger partial charge >= 0.3 is 57.4 Å². The summed E-state index contributed by atoms with van der Waals surface area (Å²) in [5, 5.41) is 0. The van der Waals surface area contributed by atoms with E-state index in [1.54, 1.807) is 0 Å². The van der Waals surface area contributed by atoms with Gasteiger partial charge in [0.15, 0.2) is 0 Å². The van der Waals surface area contributed by atoms with Gasteiger partial charge in [0.2, 0.25) is 0 Å². The second-order valence-corrected chi connectivity index (χ2v) is 0.402. The van der Waals surface area contributed by atoms with Crippen LogP contribution >= 0.6 is 0 Å². The van der Waals surface area contributed by atoms with Crippen LogP contribution in [0.15, 0.2) is 0 Å². The standard InChI is InChI=1S/CH4N2O.HI.K/c2-1(3)4;;/h(H4,2,3,4);1H;/q;;+1/p-1. The molecule has 0 radical (unpaired) electrons. The van der Waals surface area contributed by atoms with E-state index in [1.807, 2.05) is 0 Å². The Kier molecular flexibility index (Phi) is 25.6. The first-order valence-electron chi connectivity index (χ1n) is 0.781. The van der Waals surface area contributed by atoms with Crippen molar-refractivity contribution >= 4 is 6.03 Å². The fourth-order valence-electron chi connectivity index (χ4n) is 0. The number of primary amides is 2. The summed E-state index contributed by atoms with van der Waals surface area (Å²) in [7, 11) is 0. The third-order valence-corrected chi connectivity index (χ3v) is 0. The fraction of sp³-hybridized carbons (Fsp3) is 0. The third kappa shape index (κ3) is 45.2. The van der Waals surface area contributed by atoms with E-state index >= 15 is 0 Å². The van der Waals surface area contributed by atoms with Gasteiger partial charge in [-0.25, -0.2) is 4.79 Å². The molecule has 0 bridgehead atoms. The molecule has 0 rings (SSSR count). The Morgan fingerprint density at radius 1 is 1.33 bits per heavy atom. The smallest absolute Gasteiger partial charge is 1.00 e. The zero-order valence-electron chi connectivity index (χ0n) is 3.44. The molecule has 0 saturated carbocycles. The van der Waals surface area contributed by atoms with Crippen LogP contribution in [0.3, 0.4) is 0 Å². The zero-order chi connectivity index (χ0) is 3.58. The maximum absolute atomic E-state index is 9.00. The molecule has 0 unspecified atom stereocenters. The topological polar surface area (TPSA) is 69.1 Å². The minimum absolute atomic E-state index is 0. The summed E-state index contributed by atoms with van der Waals surface area (Å²) in [6.45, 7) is 0. The summed E-state index contributed by atoms with van der Waals surface area (Å²) < 4.78 is 0. The van der Waals surface area contributed by atoms with E-state index in [2.05, 4.69) is 11.5 Å². The molecule has 0 aromatic heterocycles. The van der Waals surface area contributed by atoms with Crippen LogP contribution in [0.25, 0.3) is 0 Å². The maximum Gasteiger partial charge on any atom is 1.00 e. The molecule has 5 heteroatoms. The number of rotatable bonds is 0. The molecule has 32 valence electrons. The number of carbonyl (C=O) groups excluding carboxylic acids is 1. The second kappa shape index (κ2) is 9.81. The van der Waals surface area contributed by atoms with Crippen LogP contribution in [0.5, 0.6) is 0 Å². The SMILES string of the molecule is NC(N)=O.[I-].[K+]. The number of halogens is 1. The van der Waals surface area contributed by atoms with Gasteiger partial charge in [-0.3, -0.25) is 0 Å². The number of urea groups is 1. The van der Waals surface area contributed by atoms with E-state index in [0.29, 0.717) is 0 Å². The summed E-state index contributed by atoms with van der Waals surface area (Å²) >= 11 is 0. The van der Waals surface area contributed by atoms with Crippen molar-refractivity contribution in [1.82, 2.24) is 0 Å². The first-order chi connectivity index (χ1) is 1.73. The van der Waals surface area contributed by atoms with Crippen molar-refractivity contribution in [1.29, 1.82) is 0 Å². The van der Waals surface area contributed by atoms with Gasteiger partial charge < -0.3 is 35.4 Å². The van der Waals surface area contributed by atoms with Gasteiger partial charge in [-0.2, -0.15) is 0 Å². The Hall–Kier alpha value is 1.64. The Balaban J connectivity index is -0.0000000450. The van der Waals surface area contributed by atoms with Crippen molar-refractivity contribution in [3.8, 4) is 0 Å². The Labute approximate surface area is 95.6 Å². The summed E-state index contributed by atoms with van der Waals surface area (Å²) in [5.74, 6) is 0. The van der Waals surface area contributed by atoms with Gasteiger partial charge in [-0.15, -0.1) is 0 Å². The Morgan fingerprint density at radius 3 is 1.33 bits per heavy atom. The average Bonchev–Trinajstić information content (AvgIpc) is 0.811. The Morgan fingerprint density at radius 2 is 1.33 bits per heavy atom. The second-order valence-electron chi connectivity index (χ2n) is 0.402.